The van der Waals surface area contributed by atoms with Crippen molar-refractivity contribution >= 4 is 17.5 Å². The summed E-state index contributed by atoms with van der Waals surface area (Å²) in [6.07, 6.45) is 0.698. The minimum absolute atomic E-state index is 0.00422. The van der Waals surface area contributed by atoms with Gasteiger partial charge in [0, 0.05) is 19.2 Å². The van der Waals surface area contributed by atoms with Gasteiger partial charge in [-0.15, -0.1) is 0 Å². The zero-order valence-corrected chi connectivity index (χ0v) is 13.5. The van der Waals surface area contributed by atoms with Gasteiger partial charge >= 0.3 is 0 Å². The van der Waals surface area contributed by atoms with Gasteiger partial charge in [0.15, 0.2) is 0 Å². The van der Waals surface area contributed by atoms with Crippen LogP contribution in [0.4, 0.5) is 5.69 Å². The van der Waals surface area contributed by atoms with Crippen molar-refractivity contribution in [2.45, 2.75) is 19.9 Å². The molecule has 0 saturated carbocycles. The molecule has 0 fully saturated rings. The van der Waals surface area contributed by atoms with E-state index in [1.807, 2.05) is 48.5 Å². The van der Waals surface area contributed by atoms with Crippen molar-refractivity contribution in [1.82, 2.24) is 5.32 Å². The lowest BCUT2D eigenvalue weighted by atomic mass is 9.96. The fourth-order valence-electron chi connectivity index (χ4n) is 2.74. The first-order chi connectivity index (χ1) is 11.6. The summed E-state index contributed by atoms with van der Waals surface area (Å²) in [4.78, 5) is 23.3. The minimum Gasteiger partial charge on any atom is -0.492 e. The minimum atomic E-state index is -0.168. The molecule has 0 spiro atoms. The van der Waals surface area contributed by atoms with Gasteiger partial charge in [0.25, 0.3) is 0 Å². The summed E-state index contributed by atoms with van der Waals surface area (Å²) in [7, 11) is 0. The first kappa shape index (κ1) is 16.1. The molecule has 5 heteroatoms. The summed E-state index contributed by atoms with van der Waals surface area (Å²) >= 11 is 0. The van der Waals surface area contributed by atoms with Crippen LogP contribution in [0.3, 0.4) is 0 Å². The Morgan fingerprint density at radius 2 is 1.88 bits per heavy atom. The predicted molar refractivity (Wildman–Crippen MR) is 91.7 cm³/mol. The molecule has 0 aliphatic carbocycles. The molecule has 2 aromatic carbocycles. The van der Waals surface area contributed by atoms with Crippen LogP contribution in [0.5, 0.6) is 5.75 Å². The molecule has 1 atom stereocenters. The summed E-state index contributed by atoms with van der Waals surface area (Å²) in [5.41, 5.74) is 2.80. The monoisotopic (exact) mass is 324 g/mol. The number of para-hydroxylation sites is 1. The Balaban J connectivity index is 1.53. The van der Waals surface area contributed by atoms with E-state index in [9.17, 15) is 9.59 Å². The molecule has 0 saturated heterocycles. The third kappa shape index (κ3) is 3.93. The zero-order chi connectivity index (χ0) is 16.9. The lowest BCUT2D eigenvalue weighted by Crippen LogP contribution is -2.37. The Morgan fingerprint density at radius 3 is 2.62 bits per heavy atom. The van der Waals surface area contributed by atoms with E-state index < -0.39 is 0 Å². The van der Waals surface area contributed by atoms with E-state index >= 15 is 0 Å². The predicted octanol–water partition coefficient (Wildman–Crippen LogP) is 2.51. The van der Waals surface area contributed by atoms with E-state index in [1.54, 1.807) is 0 Å². The molecule has 24 heavy (non-hydrogen) atoms. The standard InChI is InChI=1S/C19H20N2O3/c1-13(22)21-17-8-6-14(7-9-17)11-20-19(23)16-10-15-4-2-3-5-18(15)24-12-16/h2-9,16H,10-12H2,1H3,(H,20,23)(H,21,22). The lowest BCUT2D eigenvalue weighted by Gasteiger charge is -2.24. The molecule has 1 aliphatic heterocycles. The topological polar surface area (TPSA) is 67.4 Å². The number of fused-ring (bicyclic) bond motifs is 1. The van der Waals surface area contributed by atoms with Gasteiger partial charge in [-0.2, -0.15) is 0 Å². The maximum atomic E-state index is 12.3. The van der Waals surface area contributed by atoms with Crippen molar-refractivity contribution in [2.24, 2.45) is 5.92 Å². The molecular formula is C19H20N2O3. The summed E-state index contributed by atoms with van der Waals surface area (Å²) in [6.45, 7) is 2.33. The molecule has 2 N–H and O–H groups in total. The molecule has 1 unspecified atom stereocenters. The molecule has 2 aromatic rings. The van der Waals surface area contributed by atoms with Gasteiger partial charge in [-0.1, -0.05) is 30.3 Å². The number of hydrogen-bond donors (Lipinski definition) is 2. The number of amides is 2. The summed E-state index contributed by atoms with van der Waals surface area (Å²) in [5, 5.41) is 5.67. The second-order valence-corrected chi connectivity index (χ2v) is 5.92. The van der Waals surface area contributed by atoms with Gasteiger partial charge in [0.1, 0.15) is 12.4 Å². The highest BCUT2D eigenvalue weighted by Gasteiger charge is 2.25. The maximum Gasteiger partial charge on any atom is 0.227 e. The molecule has 0 radical (unpaired) electrons. The van der Waals surface area contributed by atoms with Crippen molar-refractivity contribution in [1.29, 1.82) is 0 Å². The summed E-state index contributed by atoms with van der Waals surface area (Å²) < 4.78 is 5.66. The largest absolute Gasteiger partial charge is 0.492 e. The molecule has 5 nitrogen and oxygen atoms in total. The number of anilines is 1. The van der Waals surface area contributed by atoms with E-state index in [1.165, 1.54) is 6.92 Å². The second-order valence-electron chi connectivity index (χ2n) is 5.92. The molecule has 1 aliphatic rings. The Morgan fingerprint density at radius 1 is 1.12 bits per heavy atom. The molecular weight excluding hydrogens is 304 g/mol. The second kappa shape index (κ2) is 7.17. The molecule has 0 aromatic heterocycles. The fraction of sp³-hybridized carbons (Fsp3) is 0.263. The highest BCUT2D eigenvalue weighted by atomic mass is 16.5. The number of carbonyl (C=O) groups is 2. The van der Waals surface area contributed by atoms with Gasteiger partial charge < -0.3 is 15.4 Å². The van der Waals surface area contributed by atoms with Crippen molar-refractivity contribution in [3.05, 3.63) is 59.7 Å². The van der Waals surface area contributed by atoms with E-state index in [0.717, 1.165) is 22.6 Å². The van der Waals surface area contributed by atoms with E-state index in [-0.39, 0.29) is 17.7 Å². The Kier molecular flexibility index (Phi) is 4.79. The van der Waals surface area contributed by atoms with E-state index in [4.69, 9.17) is 4.74 Å². The highest BCUT2D eigenvalue weighted by molar-refractivity contribution is 5.88. The average molecular weight is 324 g/mol. The molecule has 3 rings (SSSR count). The number of hydrogen-bond acceptors (Lipinski definition) is 3. The molecule has 2 amide bonds. The number of rotatable bonds is 4. The number of ether oxygens (including phenoxy) is 1. The third-order valence-electron chi connectivity index (χ3n) is 3.99. The van der Waals surface area contributed by atoms with Crippen LogP contribution in [-0.4, -0.2) is 18.4 Å². The quantitative estimate of drug-likeness (QED) is 0.908. The molecule has 124 valence electrons. The summed E-state index contributed by atoms with van der Waals surface area (Å²) in [6, 6.07) is 15.2. The number of nitrogens with one attached hydrogen (secondary N) is 2. The van der Waals surface area contributed by atoms with Crippen molar-refractivity contribution in [2.75, 3.05) is 11.9 Å². The molecule has 0 bridgehead atoms. The van der Waals surface area contributed by atoms with Gasteiger partial charge in [-0.05, 0) is 35.7 Å². The number of carbonyl (C=O) groups excluding carboxylic acids is 2. The SMILES string of the molecule is CC(=O)Nc1ccc(CNC(=O)C2COc3ccccc3C2)cc1. The fourth-order valence-corrected chi connectivity index (χ4v) is 2.74. The molecule has 1 heterocycles. The third-order valence-corrected chi connectivity index (χ3v) is 3.99. The Bertz CT molecular complexity index is 741. The van der Waals surface area contributed by atoms with Gasteiger partial charge in [0.2, 0.25) is 11.8 Å². The summed E-state index contributed by atoms with van der Waals surface area (Å²) in [5.74, 6) is 0.595. The van der Waals surface area contributed by atoms with Crippen LogP contribution in [0.25, 0.3) is 0 Å². The van der Waals surface area contributed by atoms with Crippen molar-refractivity contribution in [3.63, 3.8) is 0 Å². The van der Waals surface area contributed by atoms with Gasteiger partial charge in [-0.25, -0.2) is 0 Å². The van der Waals surface area contributed by atoms with Crippen LogP contribution < -0.4 is 15.4 Å². The van der Waals surface area contributed by atoms with Gasteiger partial charge in [0.05, 0.1) is 5.92 Å². The number of benzene rings is 2. The van der Waals surface area contributed by atoms with Crippen LogP contribution in [0.2, 0.25) is 0 Å². The van der Waals surface area contributed by atoms with Crippen LogP contribution in [0.15, 0.2) is 48.5 Å². The van der Waals surface area contributed by atoms with Crippen LogP contribution in [-0.2, 0) is 22.6 Å². The smallest absolute Gasteiger partial charge is 0.227 e. The first-order valence-corrected chi connectivity index (χ1v) is 7.97. The van der Waals surface area contributed by atoms with Crippen LogP contribution in [0.1, 0.15) is 18.1 Å². The maximum absolute atomic E-state index is 12.3. The average Bonchev–Trinajstić information content (AvgIpc) is 2.60. The van der Waals surface area contributed by atoms with Gasteiger partial charge in [-0.3, -0.25) is 9.59 Å². The first-order valence-electron chi connectivity index (χ1n) is 7.97. The van der Waals surface area contributed by atoms with Crippen LogP contribution >= 0.6 is 0 Å². The Hall–Kier alpha value is -2.82. The van der Waals surface area contributed by atoms with Crippen LogP contribution in [0, 0.1) is 5.92 Å². The zero-order valence-electron chi connectivity index (χ0n) is 13.5. The van der Waals surface area contributed by atoms with E-state index in [2.05, 4.69) is 10.6 Å². The lowest BCUT2D eigenvalue weighted by molar-refractivity contribution is -0.126. The Labute approximate surface area is 141 Å². The van der Waals surface area contributed by atoms with Crippen molar-refractivity contribution in [3.8, 4) is 5.75 Å². The normalized spacial score (nSPS) is 15.8. The van der Waals surface area contributed by atoms with Crippen molar-refractivity contribution < 1.29 is 14.3 Å². The highest BCUT2D eigenvalue weighted by Crippen LogP contribution is 2.26. The van der Waals surface area contributed by atoms with E-state index in [0.29, 0.717) is 19.6 Å².